The summed E-state index contributed by atoms with van der Waals surface area (Å²) in [6.07, 6.45) is 4.21. The van der Waals surface area contributed by atoms with E-state index in [0.717, 1.165) is 19.3 Å². The molecule has 1 aromatic carbocycles. The summed E-state index contributed by atoms with van der Waals surface area (Å²) in [5.41, 5.74) is -0.0931. The number of para-hydroxylation sites is 1. The second-order valence-electron chi connectivity index (χ2n) is 5.66. The van der Waals surface area contributed by atoms with Crippen LogP contribution in [0.4, 0.5) is 5.69 Å². The lowest BCUT2D eigenvalue weighted by atomic mass is 10.0. The van der Waals surface area contributed by atoms with Crippen molar-refractivity contribution in [2.24, 2.45) is 5.41 Å². The van der Waals surface area contributed by atoms with Crippen LogP contribution in [-0.4, -0.2) is 18.4 Å². The fourth-order valence-corrected chi connectivity index (χ4v) is 2.36. The van der Waals surface area contributed by atoms with Crippen molar-refractivity contribution in [3.63, 3.8) is 0 Å². The summed E-state index contributed by atoms with van der Waals surface area (Å²) in [5, 5.41) is 14.6. The van der Waals surface area contributed by atoms with E-state index in [2.05, 4.69) is 17.6 Å². The van der Waals surface area contributed by atoms with E-state index in [-0.39, 0.29) is 11.8 Å². The van der Waals surface area contributed by atoms with Crippen LogP contribution < -0.4 is 10.6 Å². The standard InChI is InChI=1S/C17H21N3O2/c1-2-3-6-11-19-15(21)17(9-10-17)16(22)20-14-8-5-4-7-13(14)12-18/h4-5,7-8H,2-3,6,9-11H2,1H3,(H,19,21)(H,20,22). The maximum absolute atomic E-state index is 12.4. The van der Waals surface area contributed by atoms with Gasteiger partial charge in [0.25, 0.3) is 0 Å². The lowest BCUT2D eigenvalue weighted by Crippen LogP contribution is -2.40. The highest BCUT2D eigenvalue weighted by Gasteiger charge is 2.56. The lowest BCUT2D eigenvalue weighted by molar-refractivity contribution is -0.134. The van der Waals surface area contributed by atoms with Crippen LogP contribution in [-0.2, 0) is 9.59 Å². The first-order chi connectivity index (χ1) is 10.6. The van der Waals surface area contributed by atoms with Crippen LogP contribution in [0.25, 0.3) is 0 Å². The Bertz CT molecular complexity index is 600. The van der Waals surface area contributed by atoms with Gasteiger partial charge in [-0.3, -0.25) is 9.59 Å². The quantitative estimate of drug-likeness (QED) is 0.599. The number of nitrogens with one attached hydrogen (secondary N) is 2. The monoisotopic (exact) mass is 299 g/mol. The van der Waals surface area contributed by atoms with Crippen molar-refractivity contribution in [1.29, 1.82) is 5.26 Å². The summed E-state index contributed by atoms with van der Waals surface area (Å²) in [6, 6.07) is 8.83. The van der Waals surface area contributed by atoms with Gasteiger partial charge >= 0.3 is 0 Å². The van der Waals surface area contributed by atoms with Crippen LogP contribution in [0.15, 0.2) is 24.3 Å². The zero-order valence-corrected chi connectivity index (χ0v) is 12.8. The summed E-state index contributed by atoms with van der Waals surface area (Å²) in [4.78, 5) is 24.7. The topological polar surface area (TPSA) is 82.0 Å². The first kappa shape index (κ1) is 16.0. The summed E-state index contributed by atoms with van der Waals surface area (Å²) < 4.78 is 0. The molecule has 0 saturated heterocycles. The van der Waals surface area contributed by atoms with E-state index < -0.39 is 5.41 Å². The predicted octanol–water partition coefficient (Wildman–Crippen LogP) is 2.58. The fourth-order valence-electron chi connectivity index (χ4n) is 2.36. The van der Waals surface area contributed by atoms with Gasteiger partial charge in [-0.1, -0.05) is 31.9 Å². The lowest BCUT2D eigenvalue weighted by Gasteiger charge is -2.16. The van der Waals surface area contributed by atoms with Crippen LogP contribution in [0, 0.1) is 16.7 Å². The Kier molecular flexibility index (Phi) is 5.16. The molecule has 2 N–H and O–H groups in total. The van der Waals surface area contributed by atoms with Crippen LogP contribution >= 0.6 is 0 Å². The molecule has 0 atom stereocenters. The van der Waals surface area contributed by atoms with E-state index in [9.17, 15) is 9.59 Å². The molecule has 5 nitrogen and oxygen atoms in total. The van der Waals surface area contributed by atoms with Crippen molar-refractivity contribution in [3.8, 4) is 6.07 Å². The molecule has 1 fully saturated rings. The average molecular weight is 299 g/mol. The molecule has 1 aromatic rings. The summed E-state index contributed by atoms with van der Waals surface area (Å²) >= 11 is 0. The van der Waals surface area contributed by atoms with E-state index in [1.54, 1.807) is 24.3 Å². The molecule has 0 bridgehead atoms. The zero-order chi connectivity index (χ0) is 16.0. The van der Waals surface area contributed by atoms with Crippen molar-refractivity contribution in [2.75, 3.05) is 11.9 Å². The Morgan fingerprint density at radius 2 is 1.95 bits per heavy atom. The van der Waals surface area contributed by atoms with Crippen molar-refractivity contribution in [1.82, 2.24) is 5.32 Å². The van der Waals surface area contributed by atoms with Gasteiger partial charge in [0.2, 0.25) is 11.8 Å². The number of hydrogen-bond acceptors (Lipinski definition) is 3. The van der Waals surface area contributed by atoms with Gasteiger partial charge in [0, 0.05) is 6.54 Å². The van der Waals surface area contributed by atoms with Crippen molar-refractivity contribution in [2.45, 2.75) is 39.0 Å². The number of unbranched alkanes of at least 4 members (excludes halogenated alkanes) is 2. The third kappa shape index (κ3) is 3.45. The smallest absolute Gasteiger partial charge is 0.240 e. The van der Waals surface area contributed by atoms with Crippen molar-refractivity contribution >= 4 is 17.5 Å². The van der Waals surface area contributed by atoms with Crippen LogP contribution in [0.3, 0.4) is 0 Å². The van der Waals surface area contributed by atoms with Gasteiger partial charge in [0.05, 0.1) is 11.3 Å². The van der Waals surface area contributed by atoms with Gasteiger partial charge in [0.1, 0.15) is 11.5 Å². The normalized spacial score (nSPS) is 14.7. The predicted molar refractivity (Wildman–Crippen MR) is 84.0 cm³/mol. The molecule has 0 unspecified atom stereocenters. The largest absolute Gasteiger partial charge is 0.355 e. The number of nitriles is 1. The minimum atomic E-state index is -0.950. The number of carbonyl (C=O) groups is 2. The molecular weight excluding hydrogens is 278 g/mol. The van der Waals surface area contributed by atoms with Gasteiger partial charge in [-0.15, -0.1) is 0 Å². The van der Waals surface area contributed by atoms with Crippen LogP contribution in [0.2, 0.25) is 0 Å². The number of nitrogens with zero attached hydrogens (tertiary/aromatic N) is 1. The second-order valence-corrected chi connectivity index (χ2v) is 5.66. The Labute approximate surface area is 130 Å². The molecule has 22 heavy (non-hydrogen) atoms. The number of benzene rings is 1. The number of anilines is 1. The van der Waals surface area contributed by atoms with E-state index in [0.29, 0.717) is 30.6 Å². The van der Waals surface area contributed by atoms with E-state index in [1.807, 2.05) is 6.07 Å². The van der Waals surface area contributed by atoms with Gasteiger partial charge in [-0.05, 0) is 31.4 Å². The molecule has 0 aromatic heterocycles. The Balaban J connectivity index is 1.97. The Morgan fingerprint density at radius 1 is 1.23 bits per heavy atom. The maximum Gasteiger partial charge on any atom is 0.240 e. The molecule has 2 amide bonds. The number of hydrogen-bond donors (Lipinski definition) is 2. The molecule has 5 heteroatoms. The average Bonchev–Trinajstić information content (AvgIpc) is 3.34. The molecule has 0 aliphatic heterocycles. The molecule has 0 radical (unpaired) electrons. The van der Waals surface area contributed by atoms with Crippen LogP contribution in [0.1, 0.15) is 44.6 Å². The zero-order valence-electron chi connectivity index (χ0n) is 12.8. The minimum Gasteiger partial charge on any atom is -0.355 e. The first-order valence-electron chi connectivity index (χ1n) is 7.73. The third-order valence-electron chi connectivity index (χ3n) is 3.98. The molecule has 0 spiro atoms. The Hall–Kier alpha value is -2.35. The Morgan fingerprint density at radius 3 is 2.59 bits per heavy atom. The maximum atomic E-state index is 12.4. The molecule has 1 saturated carbocycles. The highest BCUT2D eigenvalue weighted by atomic mass is 16.2. The summed E-state index contributed by atoms with van der Waals surface area (Å²) in [7, 11) is 0. The second kappa shape index (κ2) is 7.08. The van der Waals surface area contributed by atoms with E-state index in [4.69, 9.17) is 5.26 Å². The molecule has 2 rings (SSSR count). The van der Waals surface area contributed by atoms with Gasteiger partial charge < -0.3 is 10.6 Å². The van der Waals surface area contributed by atoms with Gasteiger partial charge in [-0.25, -0.2) is 0 Å². The number of rotatable bonds is 7. The SMILES string of the molecule is CCCCCNC(=O)C1(C(=O)Nc2ccccc2C#N)CC1. The number of carbonyl (C=O) groups excluding carboxylic acids is 2. The highest BCUT2D eigenvalue weighted by Crippen LogP contribution is 2.47. The molecule has 116 valence electrons. The first-order valence-corrected chi connectivity index (χ1v) is 7.73. The number of amides is 2. The van der Waals surface area contributed by atoms with Crippen molar-refractivity contribution in [3.05, 3.63) is 29.8 Å². The van der Waals surface area contributed by atoms with Crippen LogP contribution in [0.5, 0.6) is 0 Å². The summed E-state index contributed by atoms with van der Waals surface area (Å²) in [5.74, 6) is -0.515. The van der Waals surface area contributed by atoms with E-state index >= 15 is 0 Å². The highest BCUT2D eigenvalue weighted by molar-refractivity contribution is 6.13. The van der Waals surface area contributed by atoms with Gasteiger partial charge in [-0.2, -0.15) is 5.26 Å². The molecule has 0 heterocycles. The van der Waals surface area contributed by atoms with Crippen molar-refractivity contribution < 1.29 is 9.59 Å². The van der Waals surface area contributed by atoms with E-state index in [1.165, 1.54) is 0 Å². The summed E-state index contributed by atoms with van der Waals surface area (Å²) in [6.45, 7) is 2.71. The molecule has 1 aliphatic rings. The minimum absolute atomic E-state index is 0.199. The fraction of sp³-hybridized carbons (Fsp3) is 0.471. The molecular formula is C17H21N3O2. The molecule has 1 aliphatic carbocycles. The van der Waals surface area contributed by atoms with Gasteiger partial charge in [0.15, 0.2) is 0 Å². The third-order valence-corrected chi connectivity index (χ3v) is 3.98.